The minimum Gasteiger partial charge on any atom is -0.326 e. The molecule has 0 fully saturated rings. The maximum Gasteiger partial charge on any atom is 0.248 e. The average Bonchev–Trinajstić information content (AvgIpc) is 2.59. The van der Waals surface area contributed by atoms with Gasteiger partial charge >= 0.3 is 0 Å². The molecule has 0 bridgehead atoms. The van der Waals surface area contributed by atoms with E-state index < -0.39 is 0 Å². The van der Waals surface area contributed by atoms with Crippen molar-refractivity contribution in [3.63, 3.8) is 0 Å². The van der Waals surface area contributed by atoms with Gasteiger partial charge in [-0.25, -0.2) is 0 Å². The van der Waals surface area contributed by atoms with E-state index in [2.05, 4.69) is 55.3 Å². The van der Waals surface area contributed by atoms with Crippen molar-refractivity contribution in [2.24, 2.45) is 0 Å². The molecule has 1 amide bonds. The number of aryl methyl sites for hydroxylation is 2. The smallest absolute Gasteiger partial charge is 0.248 e. The van der Waals surface area contributed by atoms with E-state index in [-0.39, 0.29) is 16.9 Å². The van der Waals surface area contributed by atoms with Crippen LogP contribution in [0, 0.1) is 6.92 Å². The van der Waals surface area contributed by atoms with E-state index in [0.29, 0.717) is 18.5 Å². The number of rotatable bonds is 4. The molecule has 0 spiro atoms. The fourth-order valence-electron chi connectivity index (χ4n) is 3.17. The Morgan fingerprint density at radius 2 is 1.74 bits per heavy atom. The molecule has 0 aliphatic rings. The highest BCUT2D eigenvalue weighted by Crippen LogP contribution is 2.23. The van der Waals surface area contributed by atoms with Gasteiger partial charge in [0.15, 0.2) is 0 Å². The predicted octanol–water partition coefficient (Wildman–Crippen LogP) is 4.71. The molecule has 0 atom stereocenters. The van der Waals surface area contributed by atoms with E-state index in [1.165, 1.54) is 5.56 Å². The summed E-state index contributed by atoms with van der Waals surface area (Å²) >= 11 is 0. The van der Waals surface area contributed by atoms with Gasteiger partial charge in [-0.3, -0.25) is 9.59 Å². The Balaban J connectivity index is 1.64. The zero-order valence-electron chi connectivity index (χ0n) is 16.3. The summed E-state index contributed by atoms with van der Waals surface area (Å²) in [4.78, 5) is 26.8. The monoisotopic (exact) mass is 362 g/mol. The first-order chi connectivity index (χ1) is 12.7. The van der Waals surface area contributed by atoms with Crippen LogP contribution in [0.1, 0.15) is 43.9 Å². The summed E-state index contributed by atoms with van der Waals surface area (Å²) in [5.74, 6) is -0.0377. The average molecular weight is 362 g/mol. The van der Waals surface area contributed by atoms with Gasteiger partial charge in [-0.15, -0.1) is 0 Å². The van der Waals surface area contributed by atoms with Crippen molar-refractivity contribution in [2.75, 3.05) is 5.32 Å². The number of carbonyl (C=O) groups excluding carboxylic acids is 1. The van der Waals surface area contributed by atoms with Gasteiger partial charge in [0, 0.05) is 23.6 Å². The number of anilines is 1. The number of aromatic nitrogens is 1. The number of nitrogens with one attached hydrogen (secondary N) is 2. The molecule has 3 aromatic rings. The molecule has 0 saturated heterocycles. The molecule has 1 heterocycles. The quantitative estimate of drug-likeness (QED) is 0.706. The second kappa shape index (κ2) is 7.39. The summed E-state index contributed by atoms with van der Waals surface area (Å²) in [7, 11) is 0. The third kappa shape index (κ3) is 4.64. The Kier molecular flexibility index (Phi) is 5.17. The zero-order valence-corrected chi connectivity index (χ0v) is 16.3. The second-order valence-corrected chi connectivity index (χ2v) is 8.07. The van der Waals surface area contributed by atoms with E-state index in [9.17, 15) is 9.59 Å². The molecule has 27 heavy (non-hydrogen) atoms. The molecular formula is C23H26N2O2. The lowest BCUT2D eigenvalue weighted by Gasteiger charge is -2.19. The lowest BCUT2D eigenvalue weighted by Crippen LogP contribution is -2.13. The Labute approximate surface area is 159 Å². The molecule has 3 rings (SSSR count). The summed E-state index contributed by atoms with van der Waals surface area (Å²) in [6.07, 6.45) is 1.11. The maximum atomic E-state index is 12.3. The summed E-state index contributed by atoms with van der Waals surface area (Å²) < 4.78 is 0. The third-order valence-electron chi connectivity index (χ3n) is 4.79. The van der Waals surface area contributed by atoms with Gasteiger partial charge in [-0.2, -0.15) is 0 Å². The van der Waals surface area contributed by atoms with E-state index in [4.69, 9.17) is 0 Å². The highest BCUT2D eigenvalue weighted by Gasteiger charge is 2.13. The van der Waals surface area contributed by atoms with E-state index >= 15 is 0 Å². The molecular weight excluding hydrogens is 336 g/mol. The number of carbonyl (C=O) groups is 1. The van der Waals surface area contributed by atoms with Crippen LogP contribution in [0.3, 0.4) is 0 Å². The molecule has 0 unspecified atom stereocenters. The Hall–Kier alpha value is -2.88. The first-order valence-electron chi connectivity index (χ1n) is 9.25. The van der Waals surface area contributed by atoms with Gasteiger partial charge in [0.05, 0.1) is 5.52 Å². The van der Waals surface area contributed by atoms with Crippen molar-refractivity contribution >= 4 is 22.5 Å². The van der Waals surface area contributed by atoms with Crippen LogP contribution in [0.25, 0.3) is 10.9 Å². The molecule has 0 radical (unpaired) electrons. The van der Waals surface area contributed by atoms with E-state index in [1.807, 2.05) is 19.1 Å². The summed E-state index contributed by atoms with van der Waals surface area (Å²) in [5, 5.41) is 3.90. The van der Waals surface area contributed by atoms with Crippen LogP contribution in [0.15, 0.2) is 53.3 Å². The normalized spacial score (nSPS) is 11.6. The highest BCUT2D eigenvalue weighted by atomic mass is 16.1. The lowest BCUT2D eigenvalue weighted by atomic mass is 9.86. The Bertz CT molecular complexity index is 1020. The van der Waals surface area contributed by atoms with Crippen molar-refractivity contribution in [1.29, 1.82) is 0 Å². The van der Waals surface area contributed by atoms with Crippen LogP contribution in [-0.4, -0.2) is 10.9 Å². The van der Waals surface area contributed by atoms with Crippen LogP contribution in [0.4, 0.5) is 5.69 Å². The van der Waals surface area contributed by atoms with Gasteiger partial charge in [0.2, 0.25) is 11.5 Å². The standard InChI is InChI=1S/C23H26N2O2/c1-15-13-22(27)25-20-14-18(10-11-19(15)20)24-21(26)12-7-16-5-8-17(9-6-16)23(2,3)4/h5-6,8-11,13-14H,7,12H2,1-4H3,(H,24,26)(H,25,27). The van der Waals surface area contributed by atoms with Gasteiger partial charge in [-0.05, 0) is 47.6 Å². The van der Waals surface area contributed by atoms with Crippen LogP contribution >= 0.6 is 0 Å². The maximum absolute atomic E-state index is 12.3. The number of hydrogen-bond donors (Lipinski definition) is 2. The molecule has 2 aromatic carbocycles. The van der Waals surface area contributed by atoms with Crippen molar-refractivity contribution in [1.82, 2.24) is 4.98 Å². The highest BCUT2D eigenvalue weighted by molar-refractivity contribution is 5.94. The topological polar surface area (TPSA) is 62.0 Å². The Morgan fingerprint density at radius 1 is 1.04 bits per heavy atom. The Morgan fingerprint density at radius 3 is 2.41 bits per heavy atom. The van der Waals surface area contributed by atoms with Crippen LogP contribution in [0.5, 0.6) is 0 Å². The molecule has 0 aliphatic carbocycles. The molecule has 1 aromatic heterocycles. The first-order valence-corrected chi connectivity index (χ1v) is 9.25. The second-order valence-electron chi connectivity index (χ2n) is 8.07. The van der Waals surface area contributed by atoms with Crippen molar-refractivity contribution in [3.8, 4) is 0 Å². The summed E-state index contributed by atoms with van der Waals surface area (Å²) in [5.41, 5.74) is 4.78. The van der Waals surface area contributed by atoms with E-state index in [0.717, 1.165) is 22.0 Å². The summed E-state index contributed by atoms with van der Waals surface area (Å²) in [6, 6.07) is 15.6. The zero-order chi connectivity index (χ0) is 19.6. The number of hydrogen-bond acceptors (Lipinski definition) is 2. The first kappa shape index (κ1) is 18.9. The fraction of sp³-hybridized carbons (Fsp3) is 0.304. The molecule has 140 valence electrons. The number of benzene rings is 2. The van der Waals surface area contributed by atoms with Crippen molar-refractivity contribution in [2.45, 2.75) is 46.0 Å². The number of aromatic amines is 1. The predicted molar refractivity (Wildman–Crippen MR) is 111 cm³/mol. The minimum absolute atomic E-state index is 0.0377. The molecule has 0 aliphatic heterocycles. The van der Waals surface area contributed by atoms with Crippen LogP contribution in [0.2, 0.25) is 0 Å². The lowest BCUT2D eigenvalue weighted by molar-refractivity contribution is -0.116. The van der Waals surface area contributed by atoms with Gasteiger partial charge in [0.25, 0.3) is 0 Å². The summed E-state index contributed by atoms with van der Waals surface area (Å²) in [6.45, 7) is 8.47. The minimum atomic E-state index is -0.137. The van der Waals surface area contributed by atoms with Crippen LogP contribution < -0.4 is 10.9 Å². The molecule has 4 heteroatoms. The van der Waals surface area contributed by atoms with Gasteiger partial charge < -0.3 is 10.3 Å². The molecule has 2 N–H and O–H groups in total. The number of amides is 1. The SMILES string of the molecule is Cc1cc(=O)[nH]c2cc(NC(=O)CCc3ccc(C(C)(C)C)cc3)ccc12. The fourth-order valence-corrected chi connectivity index (χ4v) is 3.17. The van der Waals surface area contributed by atoms with Crippen LogP contribution in [-0.2, 0) is 16.6 Å². The largest absolute Gasteiger partial charge is 0.326 e. The molecule has 0 saturated carbocycles. The number of H-pyrrole nitrogens is 1. The third-order valence-corrected chi connectivity index (χ3v) is 4.79. The van der Waals surface area contributed by atoms with Crippen molar-refractivity contribution < 1.29 is 4.79 Å². The number of fused-ring (bicyclic) bond motifs is 1. The molecule has 4 nitrogen and oxygen atoms in total. The number of pyridine rings is 1. The van der Waals surface area contributed by atoms with E-state index in [1.54, 1.807) is 12.1 Å². The van der Waals surface area contributed by atoms with Crippen molar-refractivity contribution in [3.05, 3.63) is 75.6 Å². The van der Waals surface area contributed by atoms with Gasteiger partial charge in [-0.1, -0.05) is 51.1 Å². The van der Waals surface area contributed by atoms with Gasteiger partial charge in [0.1, 0.15) is 0 Å².